The van der Waals surface area contributed by atoms with Gasteiger partial charge in [0.1, 0.15) is 24.1 Å². The Kier molecular flexibility index (Phi) is 5.69. The van der Waals surface area contributed by atoms with E-state index >= 15 is 0 Å². The Bertz CT molecular complexity index is 743. The van der Waals surface area contributed by atoms with Gasteiger partial charge < -0.3 is 19.9 Å². The van der Waals surface area contributed by atoms with Crippen LogP contribution in [0.15, 0.2) is 48.5 Å². The molecule has 0 bridgehead atoms. The molecule has 0 aliphatic carbocycles. The van der Waals surface area contributed by atoms with Gasteiger partial charge in [-0.25, -0.2) is 13.6 Å². The maximum Gasteiger partial charge on any atom is 0.408 e. The summed E-state index contributed by atoms with van der Waals surface area (Å²) >= 11 is 0. The van der Waals surface area contributed by atoms with Gasteiger partial charge in [0.2, 0.25) is 0 Å². The van der Waals surface area contributed by atoms with Crippen molar-refractivity contribution in [1.29, 1.82) is 0 Å². The summed E-state index contributed by atoms with van der Waals surface area (Å²) in [5.74, 6) is -3.37. The number of carbonyl (C=O) groups excluding carboxylic acids is 1. The van der Waals surface area contributed by atoms with Gasteiger partial charge in [0.15, 0.2) is 6.61 Å². The molecule has 1 atom stereocenters. The zero-order valence-corrected chi connectivity index (χ0v) is 13.8. The molecule has 2 aromatic carbocycles. The number of alkyl halides is 2. The number of carbonyl (C=O) groups is 1. The van der Waals surface area contributed by atoms with E-state index in [-0.39, 0.29) is 30.3 Å². The van der Waals surface area contributed by atoms with E-state index in [2.05, 4.69) is 4.74 Å². The number of rotatable bonds is 4. The molecule has 1 aliphatic heterocycles. The van der Waals surface area contributed by atoms with Crippen LogP contribution < -0.4 is 10.1 Å². The molecule has 0 radical (unpaired) electrons. The van der Waals surface area contributed by atoms with E-state index in [0.717, 1.165) is 5.56 Å². The number of ether oxygens (including phenoxy) is 2. The Morgan fingerprint density at radius 2 is 1.96 bits per heavy atom. The topological polar surface area (TPSA) is 67.8 Å². The molecule has 25 heavy (non-hydrogen) atoms. The summed E-state index contributed by atoms with van der Waals surface area (Å²) < 4.78 is 37.6. The lowest BCUT2D eigenvalue weighted by Gasteiger charge is -2.32. The molecule has 2 aromatic rings. The van der Waals surface area contributed by atoms with E-state index in [1.165, 1.54) is 18.2 Å². The van der Waals surface area contributed by atoms with E-state index in [9.17, 15) is 18.7 Å². The molecular formula is C17H16ClF2NO4. The number of aromatic hydroxyl groups is 1. The van der Waals surface area contributed by atoms with Crippen molar-refractivity contribution >= 4 is 18.5 Å². The minimum absolute atomic E-state index is 0. The maximum absolute atomic E-state index is 13.9. The normalized spacial score (nSPS) is 18.5. The summed E-state index contributed by atoms with van der Waals surface area (Å²) in [7, 11) is 0. The monoisotopic (exact) mass is 371 g/mol. The van der Waals surface area contributed by atoms with Gasteiger partial charge in [0, 0.05) is 11.6 Å². The molecule has 1 heterocycles. The third-order valence-corrected chi connectivity index (χ3v) is 3.64. The number of phenols is 1. The Hall–Kier alpha value is -2.54. The van der Waals surface area contributed by atoms with Crippen molar-refractivity contribution < 1.29 is 28.2 Å². The highest BCUT2D eigenvalue weighted by Gasteiger charge is 2.47. The summed E-state index contributed by atoms with van der Waals surface area (Å²) in [5.41, 5.74) is 0.841. The predicted octanol–water partition coefficient (Wildman–Crippen LogP) is 3.81. The van der Waals surface area contributed by atoms with Crippen molar-refractivity contribution in [3.63, 3.8) is 0 Å². The lowest BCUT2D eigenvalue weighted by molar-refractivity contribution is -0.104. The minimum atomic E-state index is -3.32. The molecule has 1 saturated heterocycles. The van der Waals surface area contributed by atoms with E-state index in [4.69, 9.17) is 4.74 Å². The molecule has 1 fully saturated rings. The first-order valence-electron chi connectivity index (χ1n) is 7.26. The van der Waals surface area contributed by atoms with Gasteiger partial charge in [-0.3, -0.25) is 0 Å². The van der Waals surface area contributed by atoms with Crippen LogP contribution in [0.5, 0.6) is 11.5 Å². The van der Waals surface area contributed by atoms with Crippen molar-refractivity contribution in [1.82, 2.24) is 5.32 Å². The molecule has 8 heteroatoms. The van der Waals surface area contributed by atoms with Gasteiger partial charge in [-0.05, 0) is 17.7 Å². The highest BCUT2D eigenvalue weighted by Crippen LogP contribution is 2.39. The van der Waals surface area contributed by atoms with Gasteiger partial charge in [0.25, 0.3) is 0 Å². The van der Waals surface area contributed by atoms with Crippen molar-refractivity contribution in [3.05, 3.63) is 59.7 Å². The second kappa shape index (κ2) is 7.57. The summed E-state index contributed by atoms with van der Waals surface area (Å²) in [6.45, 7) is -0.751. The van der Waals surface area contributed by atoms with Crippen LogP contribution in [-0.4, -0.2) is 23.7 Å². The standard InChI is InChI=1S/C17H15F2NO4.ClH/c18-17(19)10-24-16(22)20-15(17)13-7-6-12(8-14(13)21)23-9-11-4-2-1-3-5-11;/h1-8,15,21H,9-10H2,(H,20,22);1H/t15-;/m1./s1. The van der Waals surface area contributed by atoms with Crippen molar-refractivity contribution in [2.24, 2.45) is 0 Å². The number of benzene rings is 2. The first-order chi connectivity index (χ1) is 11.5. The molecule has 1 amide bonds. The molecule has 0 aromatic heterocycles. The van der Waals surface area contributed by atoms with Crippen LogP contribution in [0, 0.1) is 0 Å². The molecule has 5 nitrogen and oxygen atoms in total. The van der Waals surface area contributed by atoms with Crippen LogP contribution in [0.2, 0.25) is 0 Å². The molecule has 1 aliphatic rings. The van der Waals surface area contributed by atoms with Gasteiger partial charge in [-0.15, -0.1) is 12.4 Å². The predicted molar refractivity (Wildman–Crippen MR) is 88.3 cm³/mol. The molecule has 0 unspecified atom stereocenters. The zero-order chi connectivity index (χ0) is 17.2. The van der Waals surface area contributed by atoms with Crippen LogP contribution in [-0.2, 0) is 11.3 Å². The first kappa shape index (κ1) is 18.8. The van der Waals surface area contributed by atoms with Crippen LogP contribution in [0.25, 0.3) is 0 Å². The number of hydrogen-bond donors (Lipinski definition) is 2. The Balaban J connectivity index is 0.00000225. The van der Waals surface area contributed by atoms with Crippen LogP contribution in [0.4, 0.5) is 13.6 Å². The number of nitrogens with one attached hydrogen (secondary N) is 1. The Morgan fingerprint density at radius 1 is 1.24 bits per heavy atom. The average Bonchev–Trinajstić information content (AvgIpc) is 2.57. The zero-order valence-electron chi connectivity index (χ0n) is 12.9. The molecule has 0 saturated carbocycles. The molecular weight excluding hydrogens is 356 g/mol. The van der Waals surface area contributed by atoms with E-state index < -0.39 is 24.7 Å². The molecule has 3 rings (SSSR count). The number of halogens is 3. The van der Waals surface area contributed by atoms with Gasteiger partial charge >= 0.3 is 12.0 Å². The molecule has 0 spiro atoms. The number of phenolic OH excluding ortho intramolecular Hbond substituents is 1. The van der Waals surface area contributed by atoms with Crippen molar-refractivity contribution in [2.45, 2.75) is 18.6 Å². The van der Waals surface area contributed by atoms with Crippen LogP contribution in [0.3, 0.4) is 0 Å². The largest absolute Gasteiger partial charge is 0.507 e. The number of amides is 1. The Labute approximate surface area is 149 Å². The quantitative estimate of drug-likeness (QED) is 0.857. The van der Waals surface area contributed by atoms with Crippen molar-refractivity contribution in [2.75, 3.05) is 6.61 Å². The first-order valence-corrected chi connectivity index (χ1v) is 7.26. The van der Waals surface area contributed by atoms with Gasteiger partial charge in [0.05, 0.1) is 0 Å². The fourth-order valence-electron chi connectivity index (χ4n) is 2.41. The minimum Gasteiger partial charge on any atom is -0.507 e. The SMILES string of the molecule is Cl.O=C1N[C@H](c2ccc(OCc3ccccc3)cc2O)C(F)(F)CO1. The second-order valence-corrected chi connectivity index (χ2v) is 5.41. The van der Waals surface area contributed by atoms with Gasteiger partial charge in [-0.1, -0.05) is 30.3 Å². The van der Waals surface area contributed by atoms with E-state index in [1.807, 2.05) is 35.6 Å². The smallest absolute Gasteiger partial charge is 0.408 e. The third kappa shape index (κ3) is 4.30. The number of hydrogen-bond acceptors (Lipinski definition) is 4. The summed E-state index contributed by atoms with van der Waals surface area (Å²) in [6.07, 6.45) is -0.949. The van der Waals surface area contributed by atoms with Crippen LogP contribution >= 0.6 is 12.4 Å². The second-order valence-electron chi connectivity index (χ2n) is 5.41. The third-order valence-electron chi connectivity index (χ3n) is 3.64. The Morgan fingerprint density at radius 3 is 2.64 bits per heavy atom. The fourth-order valence-corrected chi connectivity index (χ4v) is 2.41. The lowest BCUT2D eigenvalue weighted by Crippen LogP contribution is -2.49. The van der Waals surface area contributed by atoms with E-state index in [0.29, 0.717) is 5.75 Å². The van der Waals surface area contributed by atoms with E-state index in [1.54, 1.807) is 0 Å². The maximum atomic E-state index is 13.9. The number of alkyl carbamates (subject to hydrolysis) is 1. The van der Waals surface area contributed by atoms with Gasteiger partial charge in [-0.2, -0.15) is 0 Å². The summed E-state index contributed by atoms with van der Waals surface area (Å²) in [6, 6.07) is 11.8. The highest BCUT2D eigenvalue weighted by molar-refractivity contribution is 5.85. The highest BCUT2D eigenvalue weighted by atomic mass is 35.5. The molecule has 2 N–H and O–H groups in total. The average molecular weight is 372 g/mol. The van der Waals surface area contributed by atoms with Crippen LogP contribution in [0.1, 0.15) is 17.2 Å². The summed E-state index contributed by atoms with van der Waals surface area (Å²) in [4.78, 5) is 11.2. The summed E-state index contributed by atoms with van der Waals surface area (Å²) in [5, 5.41) is 12.1. The number of cyclic esters (lactones) is 1. The van der Waals surface area contributed by atoms with Crippen molar-refractivity contribution in [3.8, 4) is 11.5 Å². The molecule has 134 valence electrons. The fraction of sp³-hybridized carbons (Fsp3) is 0.235. The lowest BCUT2D eigenvalue weighted by atomic mass is 9.99.